The summed E-state index contributed by atoms with van der Waals surface area (Å²) in [6.45, 7) is 2.97. The van der Waals surface area contributed by atoms with Crippen LogP contribution in [0.4, 0.5) is 0 Å². The number of nitrogens with zero attached hydrogens (tertiary/aromatic N) is 3. The summed E-state index contributed by atoms with van der Waals surface area (Å²) >= 11 is 0. The van der Waals surface area contributed by atoms with E-state index in [0.29, 0.717) is 0 Å². The van der Waals surface area contributed by atoms with E-state index in [2.05, 4.69) is 27.8 Å². The Morgan fingerprint density at radius 1 is 1.41 bits per heavy atom. The number of likely N-dealkylation sites (N-methyl/N-ethyl adjacent to an activating group) is 1. The SMILES string of the molecule is Cc1nc2cc(CCN(C)CO)ccc2n1C. The number of imidazole rings is 1. The first-order valence-electron chi connectivity index (χ1n) is 5.83. The van der Waals surface area contributed by atoms with Gasteiger partial charge in [0.15, 0.2) is 0 Å². The summed E-state index contributed by atoms with van der Waals surface area (Å²) in [7, 11) is 3.94. The molecular weight excluding hydrogens is 214 g/mol. The molecule has 4 nitrogen and oxygen atoms in total. The molecule has 0 aliphatic rings. The van der Waals surface area contributed by atoms with Crippen LogP contribution in [0.5, 0.6) is 0 Å². The van der Waals surface area contributed by atoms with E-state index in [1.165, 1.54) is 11.1 Å². The van der Waals surface area contributed by atoms with Gasteiger partial charge in [0.1, 0.15) is 5.82 Å². The monoisotopic (exact) mass is 233 g/mol. The first kappa shape index (κ1) is 12.1. The smallest absolute Gasteiger partial charge is 0.106 e. The predicted molar refractivity (Wildman–Crippen MR) is 68.9 cm³/mol. The summed E-state index contributed by atoms with van der Waals surface area (Å²) in [5.74, 6) is 1.03. The van der Waals surface area contributed by atoms with Gasteiger partial charge in [0.2, 0.25) is 0 Å². The molecule has 0 saturated heterocycles. The van der Waals surface area contributed by atoms with E-state index < -0.39 is 0 Å². The average molecular weight is 233 g/mol. The van der Waals surface area contributed by atoms with Crippen LogP contribution in [0.1, 0.15) is 11.4 Å². The molecule has 0 spiro atoms. The molecule has 0 aliphatic heterocycles. The van der Waals surface area contributed by atoms with Gasteiger partial charge in [0.25, 0.3) is 0 Å². The molecule has 0 aliphatic carbocycles. The van der Waals surface area contributed by atoms with Crippen LogP contribution in [0.3, 0.4) is 0 Å². The molecule has 0 saturated carbocycles. The third-order valence-corrected chi connectivity index (χ3v) is 3.19. The Bertz CT molecular complexity index is 519. The number of aromatic nitrogens is 2. The molecule has 0 atom stereocenters. The van der Waals surface area contributed by atoms with E-state index in [-0.39, 0.29) is 6.73 Å². The van der Waals surface area contributed by atoms with Gasteiger partial charge < -0.3 is 9.67 Å². The second kappa shape index (κ2) is 4.85. The summed E-state index contributed by atoms with van der Waals surface area (Å²) < 4.78 is 2.10. The Hall–Kier alpha value is -1.39. The van der Waals surface area contributed by atoms with Crippen LogP contribution < -0.4 is 0 Å². The molecule has 0 unspecified atom stereocenters. The molecule has 1 heterocycles. The number of aliphatic hydroxyl groups excluding tert-OH is 1. The zero-order valence-corrected chi connectivity index (χ0v) is 10.6. The lowest BCUT2D eigenvalue weighted by molar-refractivity contribution is 0.134. The quantitative estimate of drug-likeness (QED) is 0.809. The van der Waals surface area contributed by atoms with Crippen LogP contribution in [0, 0.1) is 6.92 Å². The molecule has 1 N–H and O–H groups in total. The number of hydrogen-bond donors (Lipinski definition) is 1. The highest BCUT2D eigenvalue weighted by atomic mass is 16.3. The van der Waals surface area contributed by atoms with Crippen molar-refractivity contribution < 1.29 is 5.11 Å². The minimum atomic E-state index is 0.102. The number of rotatable bonds is 4. The Labute approximate surface area is 101 Å². The topological polar surface area (TPSA) is 41.3 Å². The zero-order valence-electron chi connectivity index (χ0n) is 10.6. The minimum Gasteiger partial charge on any atom is -0.381 e. The van der Waals surface area contributed by atoms with Gasteiger partial charge in [-0.15, -0.1) is 0 Å². The lowest BCUT2D eigenvalue weighted by Gasteiger charge is -2.12. The van der Waals surface area contributed by atoms with Gasteiger partial charge in [0, 0.05) is 13.6 Å². The number of benzene rings is 1. The van der Waals surface area contributed by atoms with E-state index in [9.17, 15) is 0 Å². The fourth-order valence-electron chi connectivity index (χ4n) is 1.91. The molecule has 1 aromatic carbocycles. The maximum atomic E-state index is 8.93. The van der Waals surface area contributed by atoms with Crippen molar-refractivity contribution in [3.63, 3.8) is 0 Å². The second-order valence-corrected chi connectivity index (χ2v) is 4.51. The van der Waals surface area contributed by atoms with Crippen molar-refractivity contribution in [3.05, 3.63) is 29.6 Å². The van der Waals surface area contributed by atoms with Crippen molar-refractivity contribution in [1.29, 1.82) is 0 Å². The van der Waals surface area contributed by atoms with E-state index in [0.717, 1.165) is 24.3 Å². The molecule has 0 radical (unpaired) electrons. The minimum absolute atomic E-state index is 0.102. The number of aryl methyl sites for hydroxylation is 2. The molecule has 0 bridgehead atoms. The molecule has 4 heteroatoms. The molecule has 17 heavy (non-hydrogen) atoms. The summed E-state index contributed by atoms with van der Waals surface area (Å²) in [6.07, 6.45) is 0.933. The summed E-state index contributed by atoms with van der Waals surface area (Å²) in [4.78, 5) is 6.40. The van der Waals surface area contributed by atoms with Crippen molar-refractivity contribution in [1.82, 2.24) is 14.5 Å². The van der Waals surface area contributed by atoms with Gasteiger partial charge in [0.05, 0.1) is 17.8 Å². The molecular formula is C13H19N3O. The average Bonchev–Trinajstić information content (AvgIpc) is 2.62. The predicted octanol–water partition coefficient (Wildman–Crippen LogP) is 1.31. The molecule has 2 aromatic rings. The number of aliphatic hydroxyl groups is 1. The summed E-state index contributed by atoms with van der Waals surface area (Å²) in [6, 6.07) is 6.38. The van der Waals surface area contributed by atoms with Crippen LogP contribution in [-0.4, -0.2) is 39.9 Å². The second-order valence-electron chi connectivity index (χ2n) is 4.51. The van der Waals surface area contributed by atoms with Gasteiger partial charge in [-0.3, -0.25) is 4.90 Å². The Kier molecular flexibility index (Phi) is 3.45. The van der Waals surface area contributed by atoms with Crippen molar-refractivity contribution in [3.8, 4) is 0 Å². The maximum Gasteiger partial charge on any atom is 0.106 e. The van der Waals surface area contributed by atoms with Crippen molar-refractivity contribution >= 4 is 11.0 Å². The molecule has 0 fully saturated rings. The first-order chi connectivity index (χ1) is 8.11. The first-order valence-corrected chi connectivity index (χ1v) is 5.83. The molecule has 2 rings (SSSR count). The standard InChI is InChI=1S/C13H19N3O/c1-10-14-12-8-11(6-7-15(2)9-17)4-5-13(12)16(10)3/h4-5,8,17H,6-7,9H2,1-3H3. The largest absolute Gasteiger partial charge is 0.381 e. The van der Waals surface area contributed by atoms with Crippen LogP contribution in [-0.2, 0) is 13.5 Å². The Balaban J connectivity index is 2.20. The van der Waals surface area contributed by atoms with Crippen LogP contribution in [0.15, 0.2) is 18.2 Å². The zero-order chi connectivity index (χ0) is 12.4. The van der Waals surface area contributed by atoms with E-state index in [4.69, 9.17) is 5.11 Å². The molecule has 0 amide bonds. The number of fused-ring (bicyclic) bond motifs is 1. The highest BCUT2D eigenvalue weighted by molar-refractivity contribution is 5.76. The lowest BCUT2D eigenvalue weighted by Crippen LogP contribution is -2.21. The van der Waals surface area contributed by atoms with E-state index in [1.807, 2.05) is 25.9 Å². The van der Waals surface area contributed by atoms with Gasteiger partial charge in [-0.1, -0.05) is 6.07 Å². The van der Waals surface area contributed by atoms with Gasteiger partial charge in [-0.25, -0.2) is 4.98 Å². The highest BCUT2D eigenvalue weighted by Crippen LogP contribution is 2.16. The van der Waals surface area contributed by atoms with Crippen molar-refractivity contribution in [2.75, 3.05) is 20.3 Å². The van der Waals surface area contributed by atoms with Gasteiger partial charge in [-0.2, -0.15) is 0 Å². The molecule has 1 aromatic heterocycles. The third-order valence-electron chi connectivity index (χ3n) is 3.19. The summed E-state index contributed by atoms with van der Waals surface area (Å²) in [5.41, 5.74) is 3.48. The van der Waals surface area contributed by atoms with Crippen molar-refractivity contribution in [2.45, 2.75) is 13.3 Å². The highest BCUT2D eigenvalue weighted by Gasteiger charge is 2.05. The van der Waals surface area contributed by atoms with E-state index in [1.54, 1.807) is 0 Å². The van der Waals surface area contributed by atoms with Crippen LogP contribution >= 0.6 is 0 Å². The van der Waals surface area contributed by atoms with Gasteiger partial charge in [-0.05, 0) is 38.1 Å². The normalized spacial score (nSPS) is 11.6. The Morgan fingerprint density at radius 3 is 2.88 bits per heavy atom. The maximum absolute atomic E-state index is 8.93. The fraction of sp³-hybridized carbons (Fsp3) is 0.462. The van der Waals surface area contributed by atoms with E-state index >= 15 is 0 Å². The third kappa shape index (κ3) is 2.48. The lowest BCUT2D eigenvalue weighted by atomic mass is 10.1. The Morgan fingerprint density at radius 2 is 2.18 bits per heavy atom. The van der Waals surface area contributed by atoms with Crippen molar-refractivity contribution in [2.24, 2.45) is 7.05 Å². The molecule has 92 valence electrons. The fourth-order valence-corrected chi connectivity index (χ4v) is 1.91. The summed E-state index contributed by atoms with van der Waals surface area (Å²) in [5, 5.41) is 8.93. The van der Waals surface area contributed by atoms with Crippen LogP contribution in [0.2, 0.25) is 0 Å². The number of hydrogen-bond acceptors (Lipinski definition) is 3. The van der Waals surface area contributed by atoms with Gasteiger partial charge >= 0.3 is 0 Å². The van der Waals surface area contributed by atoms with Crippen LogP contribution in [0.25, 0.3) is 11.0 Å².